The Hall–Kier alpha value is -2.32. The number of carbonyl (C=O) groups is 1. The Bertz CT molecular complexity index is 1130. The third-order valence-electron chi connectivity index (χ3n) is 6.20. The van der Waals surface area contributed by atoms with Gasteiger partial charge < -0.3 is 19.3 Å². The van der Waals surface area contributed by atoms with Crippen LogP contribution in [0.15, 0.2) is 30.6 Å². The molecule has 1 aliphatic rings. The summed E-state index contributed by atoms with van der Waals surface area (Å²) < 4.78 is 7.55. The molecule has 4 rings (SSSR count). The Labute approximate surface area is 213 Å². The molecule has 1 aliphatic heterocycles. The Kier molecular flexibility index (Phi) is 9.76. The summed E-state index contributed by atoms with van der Waals surface area (Å²) in [6, 6.07) is 5.78. The molecule has 0 aliphatic carbocycles. The second-order valence-electron chi connectivity index (χ2n) is 8.70. The molecular formula is C25H34Cl2N4O3. The number of aromatic hydroxyl groups is 1. The standard InChI is InChI=1S/C25H32N4O3.2ClH/c1-5-32-25(31)23-21(16-27(2)3)28(4)20-14-18(17-8-10-26-11-9-17)24(30)19(22(20)23)15-29-12-6-7-13-29;;/h8-11,14,30H,5-7,12-13,15-16H2,1-4H3;2*1H. The lowest BCUT2D eigenvalue weighted by molar-refractivity contribution is 0.0526. The molecule has 0 atom stereocenters. The van der Waals surface area contributed by atoms with Crippen LogP contribution in [0.1, 0.15) is 41.4 Å². The summed E-state index contributed by atoms with van der Waals surface area (Å²) in [5.41, 5.74) is 4.81. The number of likely N-dealkylation sites (tertiary alicyclic amines) is 1. The lowest BCUT2D eigenvalue weighted by Gasteiger charge is -2.19. The monoisotopic (exact) mass is 508 g/mol. The molecule has 1 aromatic carbocycles. The molecule has 0 bridgehead atoms. The van der Waals surface area contributed by atoms with E-state index >= 15 is 0 Å². The van der Waals surface area contributed by atoms with Crippen LogP contribution in [0.3, 0.4) is 0 Å². The van der Waals surface area contributed by atoms with Gasteiger partial charge in [0.2, 0.25) is 0 Å². The number of pyridine rings is 1. The average Bonchev–Trinajstić information content (AvgIpc) is 3.37. The van der Waals surface area contributed by atoms with Gasteiger partial charge in [0, 0.05) is 54.7 Å². The molecule has 3 heterocycles. The summed E-state index contributed by atoms with van der Waals surface area (Å²) in [6.45, 7) is 5.30. The maximum Gasteiger partial charge on any atom is 0.340 e. The van der Waals surface area contributed by atoms with Crippen molar-refractivity contribution in [1.82, 2.24) is 19.4 Å². The van der Waals surface area contributed by atoms with E-state index in [9.17, 15) is 9.90 Å². The molecule has 9 heteroatoms. The molecule has 0 spiro atoms. The smallest absolute Gasteiger partial charge is 0.340 e. The minimum absolute atomic E-state index is 0. The fourth-order valence-corrected chi connectivity index (χ4v) is 4.69. The number of aryl methyl sites for hydroxylation is 1. The third-order valence-corrected chi connectivity index (χ3v) is 6.20. The second kappa shape index (κ2) is 11.9. The van der Waals surface area contributed by atoms with Crippen LogP contribution in [-0.2, 0) is 24.9 Å². The first-order chi connectivity index (χ1) is 15.4. The van der Waals surface area contributed by atoms with Gasteiger partial charge >= 0.3 is 5.97 Å². The van der Waals surface area contributed by atoms with E-state index in [-0.39, 0.29) is 36.5 Å². The molecular weight excluding hydrogens is 475 g/mol. The molecule has 1 N–H and O–H groups in total. The lowest BCUT2D eigenvalue weighted by Crippen LogP contribution is -2.19. The van der Waals surface area contributed by atoms with Crippen molar-refractivity contribution in [2.75, 3.05) is 33.8 Å². The van der Waals surface area contributed by atoms with Gasteiger partial charge in [-0.1, -0.05) is 0 Å². The van der Waals surface area contributed by atoms with Crippen LogP contribution >= 0.6 is 24.8 Å². The number of carbonyl (C=O) groups excluding carboxylic acids is 1. The summed E-state index contributed by atoms with van der Waals surface area (Å²) in [6.07, 6.45) is 5.76. The highest BCUT2D eigenvalue weighted by molar-refractivity contribution is 6.09. The van der Waals surface area contributed by atoms with Crippen LogP contribution in [0.5, 0.6) is 5.75 Å². The Morgan fingerprint density at radius 1 is 1.18 bits per heavy atom. The van der Waals surface area contributed by atoms with Crippen molar-refractivity contribution in [3.05, 3.63) is 47.4 Å². The lowest BCUT2D eigenvalue weighted by atomic mass is 9.96. The highest BCUT2D eigenvalue weighted by atomic mass is 35.5. The number of nitrogens with zero attached hydrogens (tertiary/aromatic N) is 4. The number of rotatable bonds is 7. The van der Waals surface area contributed by atoms with Gasteiger partial charge in [-0.3, -0.25) is 9.88 Å². The van der Waals surface area contributed by atoms with Crippen molar-refractivity contribution in [1.29, 1.82) is 0 Å². The molecule has 0 saturated carbocycles. The zero-order valence-electron chi connectivity index (χ0n) is 20.2. The van der Waals surface area contributed by atoms with Gasteiger partial charge in [-0.25, -0.2) is 4.79 Å². The van der Waals surface area contributed by atoms with Crippen LogP contribution < -0.4 is 0 Å². The molecule has 34 heavy (non-hydrogen) atoms. The molecule has 0 radical (unpaired) electrons. The van der Waals surface area contributed by atoms with Crippen LogP contribution in [0.4, 0.5) is 0 Å². The minimum atomic E-state index is -0.339. The van der Waals surface area contributed by atoms with E-state index in [1.165, 1.54) is 0 Å². The van der Waals surface area contributed by atoms with Gasteiger partial charge in [0.15, 0.2) is 0 Å². The maximum atomic E-state index is 13.2. The molecule has 1 fully saturated rings. The Balaban J connectivity index is 0.00000204. The van der Waals surface area contributed by atoms with Gasteiger partial charge in [-0.05, 0) is 70.7 Å². The summed E-state index contributed by atoms with van der Waals surface area (Å²) in [4.78, 5) is 21.7. The van der Waals surface area contributed by atoms with Crippen molar-refractivity contribution in [3.8, 4) is 16.9 Å². The van der Waals surface area contributed by atoms with Crippen molar-refractivity contribution in [2.24, 2.45) is 7.05 Å². The summed E-state index contributed by atoms with van der Waals surface area (Å²) in [7, 11) is 5.95. The number of hydrogen-bond acceptors (Lipinski definition) is 6. The molecule has 1 saturated heterocycles. The van der Waals surface area contributed by atoms with E-state index < -0.39 is 0 Å². The topological polar surface area (TPSA) is 70.8 Å². The first-order valence-corrected chi connectivity index (χ1v) is 11.2. The zero-order chi connectivity index (χ0) is 22.8. The normalized spacial score (nSPS) is 13.7. The number of halogens is 2. The summed E-state index contributed by atoms with van der Waals surface area (Å²) in [5, 5.41) is 12.3. The first-order valence-electron chi connectivity index (χ1n) is 11.2. The van der Waals surface area contributed by atoms with Gasteiger partial charge in [-0.2, -0.15) is 0 Å². The highest BCUT2D eigenvalue weighted by Crippen LogP contribution is 2.42. The molecule has 3 aromatic rings. The predicted octanol–water partition coefficient (Wildman–Crippen LogP) is 4.62. The van der Waals surface area contributed by atoms with Crippen LogP contribution in [-0.4, -0.2) is 64.2 Å². The van der Waals surface area contributed by atoms with E-state index in [1.807, 2.05) is 51.2 Å². The largest absolute Gasteiger partial charge is 0.507 e. The van der Waals surface area contributed by atoms with Gasteiger partial charge in [0.25, 0.3) is 0 Å². The number of aromatic nitrogens is 2. The third kappa shape index (κ3) is 5.33. The fourth-order valence-electron chi connectivity index (χ4n) is 4.69. The molecule has 2 aromatic heterocycles. The second-order valence-corrected chi connectivity index (χ2v) is 8.70. The molecule has 7 nitrogen and oxygen atoms in total. The summed E-state index contributed by atoms with van der Waals surface area (Å²) >= 11 is 0. The molecule has 0 unspecified atom stereocenters. The average molecular weight is 509 g/mol. The Morgan fingerprint density at radius 3 is 2.41 bits per heavy atom. The van der Waals surface area contributed by atoms with Gasteiger partial charge in [-0.15, -0.1) is 24.8 Å². The van der Waals surface area contributed by atoms with Crippen molar-refractivity contribution >= 4 is 41.7 Å². The maximum absolute atomic E-state index is 13.2. The molecule has 186 valence electrons. The Morgan fingerprint density at radius 2 is 1.82 bits per heavy atom. The minimum Gasteiger partial charge on any atom is -0.507 e. The predicted molar refractivity (Wildman–Crippen MR) is 140 cm³/mol. The number of phenolic OH excluding ortho intramolecular Hbond substituents is 1. The van der Waals surface area contributed by atoms with Gasteiger partial charge in [0.05, 0.1) is 17.7 Å². The van der Waals surface area contributed by atoms with E-state index in [4.69, 9.17) is 4.74 Å². The van der Waals surface area contributed by atoms with Crippen LogP contribution in [0.2, 0.25) is 0 Å². The molecule has 0 amide bonds. The number of phenols is 1. The number of esters is 1. The van der Waals surface area contributed by atoms with E-state index in [2.05, 4.69) is 14.5 Å². The van der Waals surface area contributed by atoms with Crippen LogP contribution in [0, 0.1) is 0 Å². The van der Waals surface area contributed by atoms with E-state index in [0.29, 0.717) is 25.3 Å². The van der Waals surface area contributed by atoms with Crippen molar-refractivity contribution in [2.45, 2.75) is 32.9 Å². The van der Waals surface area contributed by atoms with Crippen molar-refractivity contribution < 1.29 is 14.6 Å². The van der Waals surface area contributed by atoms with Crippen LogP contribution in [0.25, 0.3) is 22.0 Å². The number of benzene rings is 1. The van der Waals surface area contributed by atoms with Crippen molar-refractivity contribution in [3.63, 3.8) is 0 Å². The zero-order valence-corrected chi connectivity index (χ0v) is 21.8. The SMILES string of the molecule is CCOC(=O)c1c(CN(C)C)n(C)c2cc(-c3ccncc3)c(O)c(CN3CCCC3)c12.Cl.Cl. The fraction of sp³-hybridized carbons (Fsp3) is 0.440. The number of fused-ring (bicyclic) bond motifs is 1. The van der Waals surface area contributed by atoms with E-state index in [0.717, 1.165) is 59.2 Å². The number of ether oxygens (including phenoxy) is 1. The summed E-state index contributed by atoms with van der Waals surface area (Å²) in [5.74, 6) is -0.114. The quantitative estimate of drug-likeness (QED) is 0.469. The first kappa shape index (κ1) is 27.9. The van der Waals surface area contributed by atoms with E-state index in [1.54, 1.807) is 12.4 Å². The number of hydrogen-bond donors (Lipinski definition) is 1. The highest BCUT2D eigenvalue weighted by Gasteiger charge is 2.29. The van der Waals surface area contributed by atoms with Gasteiger partial charge in [0.1, 0.15) is 5.75 Å².